The van der Waals surface area contributed by atoms with E-state index in [2.05, 4.69) is 20.6 Å². The first-order chi connectivity index (χ1) is 10.7. The number of halogens is 1. The van der Waals surface area contributed by atoms with Gasteiger partial charge in [0.25, 0.3) is 0 Å². The Balaban J connectivity index is 1.83. The van der Waals surface area contributed by atoms with Crippen LogP contribution in [0.1, 0.15) is 5.69 Å². The van der Waals surface area contributed by atoms with Crippen LogP contribution in [0.4, 0.5) is 27.5 Å². The van der Waals surface area contributed by atoms with Crippen molar-refractivity contribution >= 4 is 23.1 Å². The molecule has 3 rings (SSSR count). The molecule has 0 aliphatic heterocycles. The molecule has 0 aliphatic carbocycles. The quantitative estimate of drug-likeness (QED) is 0.748. The lowest BCUT2D eigenvalue weighted by Crippen LogP contribution is -2.02. The van der Waals surface area contributed by atoms with Crippen LogP contribution >= 0.6 is 0 Å². The smallest absolute Gasteiger partial charge is 0.229 e. The van der Waals surface area contributed by atoms with Gasteiger partial charge in [-0.3, -0.25) is 0 Å². The van der Waals surface area contributed by atoms with Crippen LogP contribution in [-0.2, 0) is 0 Å². The Bertz CT molecular complexity index is 775. The third-order valence-corrected chi connectivity index (χ3v) is 2.98. The molecule has 0 bridgehead atoms. The minimum atomic E-state index is -0.293. The zero-order chi connectivity index (χ0) is 15.4. The lowest BCUT2D eigenvalue weighted by Gasteiger charge is -2.10. The Morgan fingerprint density at radius 3 is 2.36 bits per heavy atom. The van der Waals surface area contributed by atoms with Gasteiger partial charge in [0, 0.05) is 23.1 Å². The highest BCUT2D eigenvalue weighted by atomic mass is 19.1. The molecular weight excluding hydrogens is 279 g/mol. The molecule has 1 aromatic heterocycles. The van der Waals surface area contributed by atoms with Gasteiger partial charge in [-0.05, 0) is 37.3 Å². The Labute approximate surface area is 128 Å². The molecule has 0 unspecified atom stereocenters. The Morgan fingerprint density at radius 1 is 0.818 bits per heavy atom. The molecule has 0 radical (unpaired) electrons. The third kappa shape index (κ3) is 3.58. The summed E-state index contributed by atoms with van der Waals surface area (Å²) in [5.74, 6) is 0.806. The number of hydrogen-bond acceptors (Lipinski definition) is 4. The van der Waals surface area contributed by atoms with E-state index in [1.54, 1.807) is 18.2 Å². The van der Waals surface area contributed by atoms with Crippen molar-refractivity contribution in [1.82, 2.24) is 9.97 Å². The summed E-state index contributed by atoms with van der Waals surface area (Å²) < 4.78 is 13.2. The molecular formula is C17H15FN4. The predicted octanol–water partition coefficient (Wildman–Crippen LogP) is 4.41. The van der Waals surface area contributed by atoms with Crippen LogP contribution in [0.15, 0.2) is 60.7 Å². The van der Waals surface area contributed by atoms with E-state index < -0.39 is 0 Å². The van der Waals surface area contributed by atoms with Gasteiger partial charge in [-0.2, -0.15) is 4.98 Å². The fourth-order valence-electron chi connectivity index (χ4n) is 2.05. The van der Waals surface area contributed by atoms with Crippen LogP contribution in [0, 0.1) is 12.7 Å². The second-order valence-corrected chi connectivity index (χ2v) is 4.84. The molecule has 0 atom stereocenters. The highest BCUT2D eigenvalue weighted by molar-refractivity contribution is 5.60. The van der Waals surface area contributed by atoms with E-state index in [-0.39, 0.29) is 5.82 Å². The van der Waals surface area contributed by atoms with Gasteiger partial charge >= 0.3 is 0 Å². The number of nitrogens with zero attached hydrogens (tertiary/aromatic N) is 2. The third-order valence-electron chi connectivity index (χ3n) is 2.98. The van der Waals surface area contributed by atoms with Gasteiger partial charge in [0.05, 0.1) is 0 Å². The second-order valence-electron chi connectivity index (χ2n) is 4.84. The van der Waals surface area contributed by atoms with Crippen LogP contribution in [0.3, 0.4) is 0 Å². The van der Waals surface area contributed by atoms with E-state index in [4.69, 9.17) is 0 Å². The van der Waals surface area contributed by atoms with Gasteiger partial charge < -0.3 is 10.6 Å². The molecule has 0 saturated heterocycles. The van der Waals surface area contributed by atoms with Gasteiger partial charge in [-0.25, -0.2) is 9.37 Å². The van der Waals surface area contributed by atoms with Gasteiger partial charge in [0.2, 0.25) is 5.95 Å². The van der Waals surface area contributed by atoms with E-state index in [0.717, 1.165) is 11.4 Å². The number of hydrogen-bond donors (Lipinski definition) is 2. The highest BCUT2D eigenvalue weighted by Gasteiger charge is 2.04. The maximum atomic E-state index is 13.2. The minimum Gasteiger partial charge on any atom is -0.340 e. The molecule has 0 aliphatic rings. The van der Waals surface area contributed by atoms with Crippen LogP contribution in [0.25, 0.3) is 0 Å². The number of nitrogens with one attached hydrogen (secondary N) is 2. The molecule has 3 aromatic rings. The summed E-state index contributed by atoms with van der Waals surface area (Å²) in [6.45, 7) is 1.88. The van der Waals surface area contributed by atoms with Crippen molar-refractivity contribution in [3.8, 4) is 0 Å². The predicted molar refractivity (Wildman–Crippen MR) is 86.2 cm³/mol. The number of aryl methyl sites for hydroxylation is 1. The van der Waals surface area contributed by atoms with E-state index in [9.17, 15) is 4.39 Å². The van der Waals surface area contributed by atoms with Crippen molar-refractivity contribution in [2.75, 3.05) is 10.6 Å². The molecule has 0 fully saturated rings. The fraction of sp³-hybridized carbons (Fsp3) is 0.0588. The van der Waals surface area contributed by atoms with Crippen molar-refractivity contribution < 1.29 is 4.39 Å². The highest BCUT2D eigenvalue weighted by Crippen LogP contribution is 2.19. The standard InChI is InChI=1S/C17H15FN4/c1-12-10-16(20-15-9-5-6-13(18)11-15)22-17(19-12)21-14-7-3-2-4-8-14/h2-11H,1H3,(H2,19,20,21,22). The largest absolute Gasteiger partial charge is 0.340 e. The van der Waals surface area contributed by atoms with Crippen LogP contribution in [0.2, 0.25) is 0 Å². The van der Waals surface area contributed by atoms with Crippen LogP contribution in [0.5, 0.6) is 0 Å². The molecule has 5 heteroatoms. The molecule has 1 heterocycles. The average Bonchev–Trinajstić information content (AvgIpc) is 2.47. The summed E-state index contributed by atoms with van der Waals surface area (Å²) in [7, 11) is 0. The van der Waals surface area contributed by atoms with Crippen molar-refractivity contribution in [2.24, 2.45) is 0 Å². The summed E-state index contributed by atoms with van der Waals surface area (Å²) in [6.07, 6.45) is 0. The first-order valence-electron chi connectivity index (χ1n) is 6.89. The fourth-order valence-corrected chi connectivity index (χ4v) is 2.05. The lowest BCUT2D eigenvalue weighted by atomic mass is 10.3. The number of anilines is 4. The van der Waals surface area contributed by atoms with Gasteiger partial charge in [0.15, 0.2) is 0 Å². The van der Waals surface area contributed by atoms with Crippen molar-refractivity contribution in [1.29, 1.82) is 0 Å². The topological polar surface area (TPSA) is 49.8 Å². The number of aromatic nitrogens is 2. The SMILES string of the molecule is Cc1cc(Nc2cccc(F)c2)nc(Nc2ccccc2)n1. The Hall–Kier alpha value is -2.95. The van der Waals surface area contributed by atoms with Crippen LogP contribution in [-0.4, -0.2) is 9.97 Å². The molecule has 0 saturated carbocycles. The lowest BCUT2D eigenvalue weighted by molar-refractivity contribution is 0.628. The molecule has 22 heavy (non-hydrogen) atoms. The van der Waals surface area contributed by atoms with Crippen molar-refractivity contribution in [2.45, 2.75) is 6.92 Å². The number of rotatable bonds is 4. The first kappa shape index (κ1) is 14.0. The van der Waals surface area contributed by atoms with Crippen molar-refractivity contribution in [3.05, 3.63) is 72.2 Å². The second kappa shape index (κ2) is 6.22. The summed E-state index contributed by atoms with van der Waals surface area (Å²) >= 11 is 0. The van der Waals surface area contributed by atoms with E-state index in [1.165, 1.54) is 12.1 Å². The molecule has 2 N–H and O–H groups in total. The molecule has 110 valence electrons. The van der Waals surface area contributed by atoms with Gasteiger partial charge in [0.1, 0.15) is 11.6 Å². The van der Waals surface area contributed by atoms with E-state index in [1.807, 2.05) is 37.3 Å². The maximum absolute atomic E-state index is 13.2. The zero-order valence-corrected chi connectivity index (χ0v) is 12.0. The summed E-state index contributed by atoms with van der Waals surface area (Å²) in [5.41, 5.74) is 2.36. The van der Waals surface area contributed by atoms with E-state index >= 15 is 0 Å². The normalized spacial score (nSPS) is 10.3. The number of benzene rings is 2. The maximum Gasteiger partial charge on any atom is 0.229 e. The molecule has 0 amide bonds. The van der Waals surface area contributed by atoms with Gasteiger partial charge in [-0.1, -0.05) is 24.3 Å². The molecule has 4 nitrogen and oxygen atoms in total. The Morgan fingerprint density at radius 2 is 1.59 bits per heavy atom. The zero-order valence-electron chi connectivity index (χ0n) is 12.0. The van der Waals surface area contributed by atoms with E-state index in [0.29, 0.717) is 17.5 Å². The minimum absolute atomic E-state index is 0.293. The summed E-state index contributed by atoms with van der Waals surface area (Å²) in [4.78, 5) is 8.75. The Kier molecular flexibility index (Phi) is 3.96. The van der Waals surface area contributed by atoms with Crippen molar-refractivity contribution in [3.63, 3.8) is 0 Å². The first-order valence-corrected chi connectivity index (χ1v) is 6.89. The van der Waals surface area contributed by atoms with Crippen LogP contribution < -0.4 is 10.6 Å². The van der Waals surface area contributed by atoms with Gasteiger partial charge in [-0.15, -0.1) is 0 Å². The molecule has 2 aromatic carbocycles. The summed E-state index contributed by atoms with van der Waals surface area (Å²) in [5, 5.41) is 6.23. The molecule has 0 spiro atoms. The average molecular weight is 294 g/mol. The summed E-state index contributed by atoms with van der Waals surface area (Å²) in [6, 6.07) is 17.7. The number of para-hydroxylation sites is 1. The monoisotopic (exact) mass is 294 g/mol.